The third-order valence-corrected chi connectivity index (χ3v) is 15.5. The first-order valence-electron chi connectivity index (χ1n) is 33.2. The molecule has 0 rings (SSSR count). The van der Waals surface area contributed by atoms with Crippen LogP contribution in [0.2, 0.25) is 0 Å². The van der Waals surface area contributed by atoms with Gasteiger partial charge in [0, 0.05) is 65.3 Å². The molecule has 0 saturated carbocycles. The van der Waals surface area contributed by atoms with Crippen molar-refractivity contribution in [3.05, 3.63) is 0 Å². The Morgan fingerprint density at radius 3 is 1.03 bits per heavy atom. The zero-order valence-corrected chi connectivity index (χ0v) is 52.4. The highest BCUT2D eigenvalue weighted by molar-refractivity contribution is 5.70. The minimum Gasteiger partial charge on any atom is -0.465 e. The zero-order valence-electron chi connectivity index (χ0n) is 52.4. The van der Waals surface area contributed by atoms with E-state index < -0.39 is 0 Å². The molecule has 0 spiro atoms. The fraction of sp³-hybridized carbons (Fsp3) is 0.938. The molecule has 0 aromatic heterocycles. The molecule has 0 bridgehead atoms. The van der Waals surface area contributed by atoms with Crippen LogP contribution in [0.1, 0.15) is 286 Å². The second-order valence-corrected chi connectivity index (χ2v) is 23.0. The molecule has 0 aromatic carbocycles. The number of amides is 2. The summed E-state index contributed by atoms with van der Waals surface area (Å²) in [5.41, 5.74) is 0. The topological polar surface area (TPSA) is 138 Å². The minimum atomic E-state index is -0.290. The van der Waals surface area contributed by atoms with E-state index in [1.807, 2.05) is 9.80 Å². The Labute approximate surface area is 481 Å². The van der Waals surface area contributed by atoms with Gasteiger partial charge in [-0.3, -0.25) is 14.5 Å². The third-order valence-electron chi connectivity index (χ3n) is 15.5. The molecule has 0 saturated heterocycles. The first-order valence-corrected chi connectivity index (χ1v) is 33.2. The molecule has 0 heterocycles. The van der Waals surface area contributed by atoms with Crippen LogP contribution in [0.15, 0.2) is 0 Å². The number of unbranched alkanes of at least 4 members (excludes halogenated alkanes) is 22. The third kappa shape index (κ3) is 48.1. The van der Waals surface area contributed by atoms with Gasteiger partial charge in [0.15, 0.2) is 0 Å². The van der Waals surface area contributed by atoms with Gasteiger partial charge in [0.05, 0.1) is 13.2 Å². The zero-order chi connectivity index (χ0) is 57.4. The van der Waals surface area contributed by atoms with E-state index in [9.17, 15) is 24.3 Å². The van der Waals surface area contributed by atoms with Crippen molar-refractivity contribution in [1.82, 2.24) is 19.6 Å². The Kier molecular flexibility index (Phi) is 55.6. The van der Waals surface area contributed by atoms with E-state index >= 15 is 0 Å². The second kappa shape index (κ2) is 57.6. The van der Waals surface area contributed by atoms with Crippen LogP contribution in [0.5, 0.6) is 0 Å². The van der Waals surface area contributed by atoms with Crippen molar-refractivity contribution < 1.29 is 43.2 Å². The van der Waals surface area contributed by atoms with E-state index in [2.05, 4.69) is 58.4 Å². The van der Waals surface area contributed by atoms with Gasteiger partial charge in [0.25, 0.3) is 0 Å². The minimum absolute atomic E-state index is 0.104. The van der Waals surface area contributed by atoms with Crippen molar-refractivity contribution >= 4 is 24.1 Å². The normalized spacial score (nSPS) is 11.6. The molecule has 0 radical (unpaired) electrons. The van der Waals surface area contributed by atoms with Gasteiger partial charge in [-0.2, -0.15) is 0 Å². The number of hydrogen-bond donors (Lipinski definition) is 1. The molecular formula is C65H128N4O9. The molecule has 0 aromatic rings. The number of aliphatic hydroxyl groups is 1. The van der Waals surface area contributed by atoms with Crippen molar-refractivity contribution in [2.75, 3.05) is 99.0 Å². The summed E-state index contributed by atoms with van der Waals surface area (Å²) in [6.07, 6.45) is 39.4. The standard InChI is InChI=1S/C65H128N4O9/c1-8-14-20-22-24-34-49-68(51-36-26-32-44-62(71)77-58-60(40-28-16-10-3)41-29-17-11-4)64(73)75-56-53-67(48-38-46-66(7)47-39-55-70)54-57-76-65(74)69(50-35-25-23-21-15-9-2)52-37-27-33-45-63(72)78-59-61(42-30-18-12-5)43-31-19-13-6/h60-61,70H,8-59H2,1-7H3. The average Bonchev–Trinajstić information content (AvgIpc) is 3.43. The molecule has 13 nitrogen and oxygen atoms in total. The maximum atomic E-state index is 13.7. The van der Waals surface area contributed by atoms with E-state index in [0.29, 0.717) is 77.2 Å². The monoisotopic (exact) mass is 1110 g/mol. The smallest absolute Gasteiger partial charge is 0.409 e. The van der Waals surface area contributed by atoms with Gasteiger partial charge >= 0.3 is 24.1 Å². The van der Waals surface area contributed by atoms with Crippen LogP contribution in [0.25, 0.3) is 0 Å². The molecule has 0 unspecified atom stereocenters. The Balaban J connectivity index is 5.51. The van der Waals surface area contributed by atoms with E-state index in [1.54, 1.807) is 0 Å². The SMILES string of the molecule is CCCCCCCCN(CCCCCC(=O)OCC(CCCCC)CCCCC)C(=O)OCCN(CCCN(C)CCCO)CCOC(=O)N(CCCCCCCC)CCCCCC(=O)OCC(CCCCC)CCCCC. The lowest BCUT2D eigenvalue weighted by atomic mass is 9.96. The Hall–Kier alpha value is -2.64. The van der Waals surface area contributed by atoms with E-state index in [-0.39, 0.29) is 43.9 Å². The van der Waals surface area contributed by atoms with Crippen molar-refractivity contribution in [2.45, 2.75) is 286 Å². The largest absolute Gasteiger partial charge is 0.465 e. The summed E-state index contributed by atoms with van der Waals surface area (Å²) in [5.74, 6) is 0.706. The Morgan fingerprint density at radius 2 is 0.667 bits per heavy atom. The number of ether oxygens (including phenoxy) is 4. The Morgan fingerprint density at radius 1 is 0.346 bits per heavy atom. The van der Waals surface area contributed by atoms with Crippen LogP contribution < -0.4 is 0 Å². The van der Waals surface area contributed by atoms with E-state index in [1.165, 1.54) is 128 Å². The molecule has 1 N–H and O–H groups in total. The fourth-order valence-corrected chi connectivity index (χ4v) is 10.2. The summed E-state index contributed by atoms with van der Waals surface area (Å²) in [4.78, 5) is 61.2. The predicted octanol–water partition coefficient (Wildman–Crippen LogP) is 16.4. The molecule has 2 amide bonds. The van der Waals surface area contributed by atoms with Crippen molar-refractivity contribution in [2.24, 2.45) is 11.8 Å². The summed E-state index contributed by atoms with van der Waals surface area (Å²) < 4.78 is 23.6. The molecule has 0 atom stereocenters. The van der Waals surface area contributed by atoms with Gasteiger partial charge < -0.3 is 38.8 Å². The Bertz CT molecular complexity index is 1230. The van der Waals surface area contributed by atoms with Gasteiger partial charge in [0.2, 0.25) is 0 Å². The van der Waals surface area contributed by atoms with Crippen LogP contribution in [0.4, 0.5) is 9.59 Å². The number of esters is 2. The predicted molar refractivity (Wildman–Crippen MR) is 325 cm³/mol. The second-order valence-electron chi connectivity index (χ2n) is 23.0. The summed E-state index contributed by atoms with van der Waals surface area (Å²) in [6.45, 7) is 21.1. The molecule has 0 aliphatic carbocycles. The van der Waals surface area contributed by atoms with Crippen molar-refractivity contribution in [3.63, 3.8) is 0 Å². The number of carbonyl (C=O) groups excluding carboxylic acids is 4. The van der Waals surface area contributed by atoms with Crippen LogP contribution in [0.3, 0.4) is 0 Å². The van der Waals surface area contributed by atoms with E-state index in [0.717, 1.165) is 122 Å². The summed E-state index contributed by atoms with van der Waals surface area (Å²) >= 11 is 0. The van der Waals surface area contributed by atoms with Gasteiger partial charge in [-0.25, -0.2) is 9.59 Å². The van der Waals surface area contributed by atoms with Crippen LogP contribution >= 0.6 is 0 Å². The van der Waals surface area contributed by atoms with Gasteiger partial charge in [0.1, 0.15) is 13.2 Å². The lowest BCUT2D eigenvalue weighted by molar-refractivity contribution is -0.146. The number of aliphatic hydroxyl groups excluding tert-OH is 1. The molecule has 0 aliphatic heterocycles. The van der Waals surface area contributed by atoms with Crippen molar-refractivity contribution in [1.29, 1.82) is 0 Å². The first-order chi connectivity index (χ1) is 38.1. The quantitative estimate of drug-likeness (QED) is 0.0354. The molecule has 13 heteroatoms. The molecule has 0 aliphatic rings. The molecular weight excluding hydrogens is 981 g/mol. The number of rotatable bonds is 59. The molecule has 462 valence electrons. The summed E-state index contributed by atoms with van der Waals surface area (Å²) in [6, 6.07) is 0. The number of carbonyl (C=O) groups is 4. The maximum absolute atomic E-state index is 13.7. The van der Waals surface area contributed by atoms with E-state index in [4.69, 9.17) is 18.9 Å². The summed E-state index contributed by atoms with van der Waals surface area (Å²) in [7, 11) is 2.07. The van der Waals surface area contributed by atoms with Gasteiger partial charge in [-0.15, -0.1) is 0 Å². The highest BCUT2D eigenvalue weighted by atomic mass is 16.6. The lowest BCUT2D eigenvalue weighted by Crippen LogP contribution is -2.39. The van der Waals surface area contributed by atoms with Crippen LogP contribution in [-0.4, -0.2) is 148 Å². The highest BCUT2D eigenvalue weighted by Crippen LogP contribution is 2.21. The van der Waals surface area contributed by atoms with Gasteiger partial charge in [-0.05, 0) is 109 Å². The van der Waals surface area contributed by atoms with Crippen molar-refractivity contribution in [3.8, 4) is 0 Å². The molecule has 0 fully saturated rings. The maximum Gasteiger partial charge on any atom is 0.409 e. The highest BCUT2D eigenvalue weighted by Gasteiger charge is 2.19. The lowest BCUT2D eigenvalue weighted by Gasteiger charge is -2.26. The van der Waals surface area contributed by atoms with Crippen LogP contribution in [0, 0.1) is 11.8 Å². The first kappa shape index (κ1) is 75.4. The average molecular weight is 1110 g/mol. The van der Waals surface area contributed by atoms with Gasteiger partial charge in [-0.1, -0.05) is 196 Å². The summed E-state index contributed by atoms with van der Waals surface area (Å²) in [5, 5.41) is 9.37. The molecule has 78 heavy (non-hydrogen) atoms. The fourth-order valence-electron chi connectivity index (χ4n) is 10.2. The number of nitrogens with zero attached hydrogens (tertiary/aromatic N) is 4. The number of hydrogen-bond acceptors (Lipinski definition) is 11. The van der Waals surface area contributed by atoms with Crippen LogP contribution in [-0.2, 0) is 28.5 Å².